The van der Waals surface area contributed by atoms with Gasteiger partial charge >= 0.3 is 5.97 Å². The van der Waals surface area contributed by atoms with E-state index < -0.39 is 18.2 Å². The Balaban J connectivity index is 2.41. The van der Waals surface area contributed by atoms with E-state index in [1.807, 2.05) is 0 Å². The van der Waals surface area contributed by atoms with Crippen molar-refractivity contribution in [3.63, 3.8) is 0 Å². The van der Waals surface area contributed by atoms with E-state index in [1.54, 1.807) is 6.07 Å². The fraction of sp³-hybridized carbons (Fsp3) is 0.417. The summed E-state index contributed by atoms with van der Waals surface area (Å²) in [6, 6.07) is 2.33. The van der Waals surface area contributed by atoms with Gasteiger partial charge in [0.1, 0.15) is 6.17 Å². The molecule has 2 unspecified atom stereocenters. The second kappa shape index (κ2) is 4.81. The van der Waals surface area contributed by atoms with Gasteiger partial charge < -0.3 is 20.3 Å². The molecule has 0 saturated heterocycles. The molecule has 1 heterocycles. The summed E-state index contributed by atoms with van der Waals surface area (Å²) in [6.07, 6.45) is -1.44. The highest BCUT2D eigenvalue weighted by Crippen LogP contribution is 2.41. The van der Waals surface area contributed by atoms with Crippen LogP contribution in [0.5, 0.6) is 11.5 Å². The number of carboxylic acid groups (broad SMARTS) is 1. The van der Waals surface area contributed by atoms with E-state index in [9.17, 15) is 9.18 Å². The summed E-state index contributed by atoms with van der Waals surface area (Å²) in [7, 11) is 0. The fourth-order valence-electron chi connectivity index (χ4n) is 1.86. The van der Waals surface area contributed by atoms with Crippen molar-refractivity contribution in [3.05, 3.63) is 23.3 Å². The topological polar surface area (TPSA) is 81.8 Å². The van der Waals surface area contributed by atoms with Crippen LogP contribution in [-0.2, 0) is 4.79 Å². The maximum absolute atomic E-state index is 13.4. The number of nitrogens with two attached hydrogens (primary N) is 1. The zero-order valence-corrected chi connectivity index (χ0v) is 9.85. The van der Waals surface area contributed by atoms with Crippen molar-refractivity contribution in [2.24, 2.45) is 5.73 Å². The SMILES string of the molecule is CC(F)c1cc2c(c(C(N)CC(=O)O)c1)OCO2. The van der Waals surface area contributed by atoms with Gasteiger partial charge in [0, 0.05) is 11.6 Å². The van der Waals surface area contributed by atoms with Gasteiger partial charge in [-0.05, 0) is 24.6 Å². The molecule has 2 atom stereocenters. The number of aliphatic carboxylic acids is 1. The number of carbonyl (C=O) groups is 1. The molecule has 0 aliphatic carbocycles. The highest BCUT2D eigenvalue weighted by Gasteiger charge is 2.25. The van der Waals surface area contributed by atoms with Crippen molar-refractivity contribution in [2.75, 3.05) is 6.79 Å². The molecule has 0 spiro atoms. The number of rotatable bonds is 4. The summed E-state index contributed by atoms with van der Waals surface area (Å²) in [6.45, 7) is 1.43. The lowest BCUT2D eigenvalue weighted by Gasteiger charge is -2.14. The molecule has 0 aromatic heterocycles. The molecular formula is C12H14FNO4. The largest absolute Gasteiger partial charge is 0.481 e. The molecule has 6 heteroatoms. The van der Waals surface area contributed by atoms with Gasteiger partial charge in [0.15, 0.2) is 11.5 Å². The van der Waals surface area contributed by atoms with E-state index in [0.717, 1.165) is 0 Å². The average molecular weight is 255 g/mol. The number of halogens is 1. The number of ether oxygens (including phenoxy) is 2. The lowest BCUT2D eigenvalue weighted by atomic mass is 9.98. The van der Waals surface area contributed by atoms with Gasteiger partial charge in [-0.25, -0.2) is 4.39 Å². The molecule has 1 aliphatic rings. The van der Waals surface area contributed by atoms with Crippen molar-refractivity contribution in [1.82, 2.24) is 0 Å². The van der Waals surface area contributed by atoms with E-state index >= 15 is 0 Å². The van der Waals surface area contributed by atoms with Crippen LogP contribution in [0.2, 0.25) is 0 Å². The highest BCUT2D eigenvalue weighted by molar-refractivity contribution is 5.68. The number of carboxylic acids is 1. The third-order valence-electron chi connectivity index (χ3n) is 2.78. The van der Waals surface area contributed by atoms with Crippen molar-refractivity contribution in [1.29, 1.82) is 0 Å². The number of hydrogen-bond donors (Lipinski definition) is 2. The smallest absolute Gasteiger partial charge is 0.305 e. The van der Waals surface area contributed by atoms with Gasteiger partial charge in [0.25, 0.3) is 0 Å². The predicted molar refractivity (Wildman–Crippen MR) is 61.3 cm³/mol. The summed E-state index contributed by atoms with van der Waals surface area (Å²) < 4.78 is 23.8. The first-order chi connectivity index (χ1) is 8.49. The Morgan fingerprint density at radius 3 is 2.89 bits per heavy atom. The first-order valence-corrected chi connectivity index (χ1v) is 5.54. The quantitative estimate of drug-likeness (QED) is 0.859. The molecule has 2 rings (SSSR count). The van der Waals surface area contributed by atoms with Gasteiger partial charge in [0.05, 0.1) is 6.42 Å². The van der Waals surface area contributed by atoms with E-state index in [1.165, 1.54) is 13.0 Å². The van der Waals surface area contributed by atoms with Crippen LogP contribution < -0.4 is 15.2 Å². The fourth-order valence-corrected chi connectivity index (χ4v) is 1.86. The van der Waals surface area contributed by atoms with E-state index in [0.29, 0.717) is 22.6 Å². The van der Waals surface area contributed by atoms with Crippen LogP contribution in [0, 0.1) is 0 Å². The van der Waals surface area contributed by atoms with Crippen molar-refractivity contribution in [2.45, 2.75) is 25.6 Å². The van der Waals surface area contributed by atoms with E-state index in [2.05, 4.69) is 0 Å². The van der Waals surface area contributed by atoms with Crippen LogP contribution in [0.25, 0.3) is 0 Å². The predicted octanol–water partition coefficient (Wildman–Crippen LogP) is 1.92. The summed E-state index contributed by atoms with van der Waals surface area (Å²) in [4.78, 5) is 10.7. The summed E-state index contributed by atoms with van der Waals surface area (Å²) in [5, 5.41) is 8.75. The first kappa shape index (κ1) is 12.6. The Hall–Kier alpha value is -1.82. The van der Waals surface area contributed by atoms with Crippen LogP contribution in [0.3, 0.4) is 0 Å². The van der Waals surface area contributed by atoms with Crippen LogP contribution >= 0.6 is 0 Å². The second-order valence-corrected chi connectivity index (χ2v) is 4.16. The molecule has 1 aromatic rings. The molecule has 1 aliphatic heterocycles. The Kier molecular flexibility index (Phi) is 3.38. The van der Waals surface area contributed by atoms with E-state index in [4.69, 9.17) is 20.3 Å². The maximum Gasteiger partial charge on any atom is 0.305 e. The molecule has 0 radical (unpaired) electrons. The standard InChI is InChI=1S/C12H14FNO4/c1-6(13)7-2-8(9(14)4-11(15)16)12-10(3-7)17-5-18-12/h2-3,6,9H,4-5,14H2,1H3,(H,15,16). The summed E-state index contributed by atoms with van der Waals surface area (Å²) in [5.41, 5.74) is 6.66. The zero-order chi connectivity index (χ0) is 13.3. The second-order valence-electron chi connectivity index (χ2n) is 4.16. The number of fused-ring (bicyclic) bond motifs is 1. The lowest BCUT2D eigenvalue weighted by molar-refractivity contribution is -0.137. The van der Waals surface area contributed by atoms with Crippen LogP contribution in [0.4, 0.5) is 4.39 Å². The third-order valence-corrected chi connectivity index (χ3v) is 2.78. The Morgan fingerprint density at radius 1 is 1.56 bits per heavy atom. The van der Waals surface area contributed by atoms with Gasteiger partial charge in [-0.3, -0.25) is 4.79 Å². The minimum atomic E-state index is -1.18. The molecule has 18 heavy (non-hydrogen) atoms. The molecule has 1 aromatic carbocycles. The molecule has 98 valence electrons. The first-order valence-electron chi connectivity index (χ1n) is 5.54. The van der Waals surface area contributed by atoms with Crippen LogP contribution in [-0.4, -0.2) is 17.9 Å². The third kappa shape index (κ3) is 2.38. The Labute approximate surface area is 103 Å². The van der Waals surface area contributed by atoms with Gasteiger partial charge in [-0.1, -0.05) is 0 Å². The zero-order valence-electron chi connectivity index (χ0n) is 9.85. The van der Waals surface area contributed by atoms with E-state index in [-0.39, 0.29) is 13.2 Å². The Bertz CT molecular complexity index is 475. The number of hydrogen-bond acceptors (Lipinski definition) is 4. The van der Waals surface area contributed by atoms with Crippen molar-refractivity contribution in [3.8, 4) is 11.5 Å². The van der Waals surface area contributed by atoms with Crippen molar-refractivity contribution < 1.29 is 23.8 Å². The van der Waals surface area contributed by atoms with Crippen LogP contribution in [0.1, 0.15) is 36.7 Å². The highest BCUT2D eigenvalue weighted by atomic mass is 19.1. The Morgan fingerprint density at radius 2 is 2.28 bits per heavy atom. The molecule has 0 bridgehead atoms. The minimum absolute atomic E-state index is 0.0340. The molecule has 0 fully saturated rings. The summed E-state index contributed by atoms with van der Waals surface area (Å²) in [5.74, 6) is -0.199. The van der Waals surface area contributed by atoms with Crippen LogP contribution in [0.15, 0.2) is 12.1 Å². The number of benzene rings is 1. The van der Waals surface area contributed by atoms with Gasteiger partial charge in [-0.15, -0.1) is 0 Å². The number of alkyl halides is 1. The van der Waals surface area contributed by atoms with Gasteiger partial charge in [0.2, 0.25) is 6.79 Å². The van der Waals surface area contributed by atoms with Crippen molar-refractivity contribution >= 4 is 5.97 Å². The molecule has 5 nitrogen and oxygen atoms in total. The van der Waals surface area contributed by atoms with Gasteiger partial charge in [-0.2, -0.15) is 0 Å². The molecule has 3 N–H and O–H groups in total. The monoisotopic (exact) mass is 255 g/mol. The average Bonchev–Trinajstić information content (AvgIpc) is 2.74. The molecule has 0 amide bonds. The lowest BCUT2D eigenvalue weighted by Crippen LogP contribution is -2.16. The molecule has 0 saturated carbocycles. The minimum Gasteiger partial charge on any atom is -0.481 e. The molecular weight excluding hydrogens is 241 g/mol. The summed E-state index contributed by atoms with van der Waals surface area (Å²) >= 11 is 0. The normalized spacial score (nSPS) is 16.4. The maximum atomic E-state index is 13.4.